The van der Waals surface area contributed by atoms with Crippen LogP contribution in [0.25, 0.3) is 5.69 Å². The first-order chi connectivity index (χ1) is 15.1. The zero-order chi connectivity index (χ0) is 23.1. The maximum absolute atomic E-state index is 12.6. The predicted molar refractivity (Wildman–Crippen MR) is 127 cm³/mol. The van der Waals surface area contributed by atoms with Crippen molar-refractivity contribution in [3.8, 4) is 11.6 Å². The van der Waals surface area contributed by atoms with E-state index in [1.54, 1.807) is 11.6 Å². The van der Waals surface area contributed by atoms with Gasteiger partial charge in [-0.15, -0.1) is 0 Å². The molecular formula is C26H35ClN2O3. The monoisotopic (exact) mass is 458 g/mol. The molecule has 1 aromatic heterocycles. The first-order valence-electron chi connectivity index (χ1n) is 11.9. The lowest BCUT2D eigenvalue weighted by molar-refractivity contribution is 0.0519. The van der Waals surface area contributed by atoms with Crippen LogP contribution in [0.4, 0.5) is 0 Å². The van der Waals surface area contributed by atoms with E-state index in [1.807, 2.05) is 0 Å². The van der Waals surface area contributed by atoms with E-state index in [4.69, 9.17) is 21.1 Å². The van der Waals surface area contributed by atoms with Crippen molar-refractivity contribution in [1.82, 2.24) is 9.78 Å². The highest BCUT2D eigenvalue weighted by Crippen LogP contribution is 2.49. The van der Waals surface area contributed by atoms with Gasteiger partial charge in [0, 0.05) is 0 Å². The van der Waals surface area contributed by atoms with Crippen molar-refractivity contribution in [2.24, 2.45) is 0 Å². The Morgan fingerprint density at radius 3 is 2.47 bits per heavy atom. The number of carbonyl (C=O) groups is 1. The van der Waals surface area contributed by atoms with Crippen molar-refractivity contribution in [2.45, 2.75) is 96.5 Å². The lowest BCUT2D eigenvalue weighted by Crippen LogP contribution is -2.21. The Labute approximate surface area is 196 Å². The molecule has 4 rings (SSSR count). The summed E-state index contributed by atoms with van der Waals surface area (Å²) in [5.74, 6) is -0.0781. The highest BCUT2D eigenvalue weighted by molar-refractivity contribution is 6.34. The van der Waals surface area contributed by atoms with Gasteiger partial charge in [-0.25, -0.2) is 4.79 Å². The number of aromatic nitrogens is 2. The van der Waals surface area contributed by atoms with Crippen LogP contribution in [-0.2, 0) is 15.6 Å². The molecule has 174 valence electrons. The molecule has 0 radical (unpaired) electrons. The van der Waals surface area contributed by atoms with Gasteiger partial charge in [-0.2, -0.15) is 9.78 Å². The molecule has 0 spiro atoms. The largest absolute Gasteiger partial charge is 0.473 e. The van der Waals surface area contributed by atoms with Crippen molar-refractivity contribution in [1.29, 1.82) is 0 Å². The van der Waals surface area contributed by atoms with Gasteiger partial charge in [-0.1, -0.05) is 51.8 Å². The minimum Gasteiger partial charge on any atom is -0.473 e. The molecule has 0 atom stereocenters. The molecule has 2 saturated carbocycles. The molecule has 0 unspecified atom stereocenters. The quantitative estimate of drug-likeness (QED) is 0.448. The first kappa shape index (κ1) is 23.2. The molecule has 2 aromatic rings. The number of rotatable bonds is 6. The Kier molecular flexibility index (Phi) is 6.32. The lowest BCUT2D eigenvalue weighted by atomic mass is 9.83. The number of hydrogen-bond acceptors (Lipinski definition) is 4. The SMILES string of the molecule is CCOC(=O)c1nn(-c2cc(C(C)(C)C)cc(C3(C)CC3)c2)c(OC2CCCCC2)c1Cl. The van der Waals surface area contributed by atoms with Gasteiger partial charge in [-0.05, 0) is 79.5 Å². The highest BCUT2D eigenvalue weighted by atomic mass is 35.5. The van der Waals surface area contributed by atoms with Crippen molar-refractivity contribution < 1.29 is 14.3 Å². The zero-order valence-electron chi connectivity index (χ0n) is 20.0. The highest BCUT2D eigenvalue weighted by Gasteiger charge is 2.40. The zero-order valence-corrected chi connectivity index (χ0v) is 20.7. The van der Waals surface area contributed by atoms with E-state index in [0.717, 1.165) is 31.4 Å². The summed E-state index contributed by atoms with van der Waals surface area (Å²) in [6, 6.07) is 6.63. The fourth-order valence-corrected chi connectivity index (χ4v) is 4.56. The maximum Gasteiger partial charge on any atom is 0.360 e. The summed E-state index contributed by atoms with van der Waals surface area (Å²) in [6.45, 7) is 11.0. The number of carbonyl (C=O) groups excluding carboxylic acids is 1. The number of halogens is 1. The topological polar surface area (TPSA) is 53.3 Å². The van der Waals surface area contributed by atoms with Crippen LogP contribution in [0.3, 0.4) is 0 Å². The molecule has 1 aromatic carbocycles. The molecule has 0 amide bonds. The Hall–Kier alpha value is -2.01. The van der Waals surface area contributed by atoms with Gasteiger partial charge < -0.3 is 9.47 Å². The van der Waals surface area contributed by atoms with Crippen LogP contribution >= 0.6 is 11.6 Å². The van der Waals surface area contributed by atoms with Crippen LogP contribution in [0.2, 0.25) is 5.02 Å². The molecule has 2 fully saturated rings. The van der Waals surface area contributed by atoms with Crippen LogP contribution in [0.5, 0.6) is 5.88 Å². The van der Waals surface area contributed by atoms with Crippen LogP contribution in [0, 0.1) is 0 Å². The van der Waals surface area contributed by atoms with Crippen LogP contribution in [-0.4, -0.2) is 28.5 Å². The van der Waals surface area contributed by atoms with Gasteiger partial charge in [0.15, 0.2) is 5.69 Å². The summed E-state index contributed by atoms with van der Waals surface area (Å²) in [7, 11) is 0. The fraction of sp³-hybridized carbons (Fsp3) is 0.615. The second kappa shape index (κ2) is 8.74. The Balaban J connectivity index is 1.84. The molecule has 0 aliphatic heterocycles. The molecule has 0 bridgehead atoms. The number of ether oxygens (including phenoxy) is 2. The molecule has 6 heteroatoms. The Morgan fingerprint density at radius 2 is 1.88 bits per heavy atom. The number of benzene rings is 1. The Bertz CT molecular complexity index is 972. The average Bonchev–Trinajstić information content (AvgIpc) is 3.43. The first-order valence-corrected chi connectivity index (χ1v) is 12.3. The minimum atomic E-state index is -0.522. The van der Waals surface area contributed by atoms with Gasteiger partial charge in [-0.3, -0.25) is 0 Å². The molecule has 2 aliphatic rings. The minimum absolute atomic E-state index is 0.0265. The van der Waals surface area contributed by atoms with Crippen molar-refractivity contribution in [3.05, 3.63) is 40.0 Å². The molecule has 2 aliphatic carbocycles. The number of hydrogen-bond donors (Lipinski definition) is 0. The van der Waals surface area contributed by atoms with E-state index in [9.17, 15) is 4.79 Å². The fourth-order valence-electron chi connectivity index (χ4n) is 4.32. The molecular weight excluding hydrogens is 424 g/mol. The third kappa shape index (κ3) is 4.68. The smallest absolute Gasteiger partial charge is 0.360 e. The molecule has 32 heavy (non-hydrogen) atoms. The summed E-state index contributed by atoms with van der Waals surface area (Å²) >= 11 is 6.69. The van der Waals surface area contributed by atoms with Crippen molar-refractivity contribution in [2.75, 3.05) is 6.61 Å². The van der Waals surface area contributed by atoms with E-state index in [0.29, 0.717) is 5.88 Å². The normalized spacial score (nSPS) is 18.4. The predicted octanol–water partition coefficient (Wildman–Crippen LogP) is 6.76. The summed E-state index contributed by atoms with van der Waals surface area (Å²) < 4.78 is 13.3. The number of nitrogens with zero attached hydrogens (tertiary/aromatic N) is 2. The lowest BCUT2D eigenvalue weighted by Gasteiger charge is -2.25. The molecule has 5 nitrogen and oxygen atoms in total. The summed E-state index contributed by atoms with van der Waals surface area (Å²) in [5, 5.41) is 4.85. The maximum atomic E-state index is 12.6. The van der Waals surface area contributed by atoms with Gasteiger partial charge in [0.2, 0.25) is 5.88 Å². The average molecular weight is 459 g/mol. The summed E-state index contributed by atoms with van der Waals surface area (Å²) in [5.41, 5.74) is 3.69. The molecule has 1 heterocycles. The second-order valence-electron chi connectivity index (χ2n) is 10.6. The standard InChI is InChI=1S/C26H35ClN2O3/c1-6-31-24(30)22-21(27)23(32-20-10-8-7-9-11-20)29(28-22)19-15-17(25(2,3)4)14-18(16-19)26(5)12-13-26/h14-16,20H,6-13H2,1-5H3. The third-order valence-corrected chi connectivity index (χ3v) is 7.15. The van der Waals surface area contributed by atoms with Gasteiger partial charge in [0.05, 0.1) is 12.3 Å². The van der Waals surface area contributed by atoms with Crippen molar-refractivity contribution >= 4 is 17.6 Å². The van der Waals surface area contributed by atoms with E-state index >= 15 is 0 Å². The second-order valence-corrected chi connectivity index (χ2v) is 10.9. The Morgan fingerprint density at radius 1 is 1.19 bits per heavy atom. The van der Waals surface area contributed by atoms with E-state index in [1.165, 1.54) is 30.4 Å². The van der Waals surface area contributed by atoms with E-state index < -0.39 is 5.97 Å². The van der Waals surface area contributed by atoms with E-state index in [2.05, 4.69) is 51.0 Å². The number of esters is 1. The molecule has 0 saturated heterocycles. The van der Waals surface area contributed by atoms with Crippen LogP contribution < -0.4 is 4.74 Å². The van der Waals surface area contributed by atoms with Crippen molar-refractivity contribution in [3.63, 3.8) is 0 Å². The third-order valence-electron chi connectivity index (χ3n) is 6.81. The van der Waals surface area contributed by atoms with E-state index in [-0.39, 0.29) is 34.3 Å². The van der Waals surface area contributed by atoms with Crippen LogP contribution in [0.1, 0.15) is 101 Å². The van der Waals surface area contributed by atoms with Gasteiger partial charge in [0.25, 0.3) is 0 Å². The van der Waals surface area contributed by atoms with Crippen LogP contribution in [0.15, 0.2) is 18.2 Å². The summed E-state index contributed by atoms with van der Waals surface area (Å²) in [6.07, 6.45) is 7.93. The molecule has 0 N–H and O–H groups in total. The van der Waals surface area contributed by atoms with Gasteiger partial charge in [0.1, 0.15) is 11.1 Å². The summed E-state index contributed by atoms with van der Waals surface area (Å²) in [4.78, 5) is 12.6. The van der Waals surface area contributed by atoms with Gasteiger partial charge >= 0.3 is 5.97 Å².